The van der Waals surface area contributed by atoms with Crippen LogP contribution in [0.4, 0.5) is 10.6 Å². The molecule has 2 fully saturated rings. The highest BCUT2D eigenvalue weighted by molar-refractivity contribution is 6.33. The lowest BCUT2D eigenvalue weighted by molar-refractivity contribution is -0.123. The Kier molecular flexibility index (Phi) is 8.29. The van der Waals surface area contributed by atoms with Crippen LogP contribution in [0.5, 0.6) is 0 Å². The maximum absolute atomic E-state index is 12.9. The molecule has 0 aliphatic carbocycles. The molecule has 9 nitrogen and oxygen atoms in total. The number of nitrogens with one attached hydrogen (secondary N) is 1. The Labute approximate surface area is 204 Å². The molecule has 4 heterocycles. The molecule has 4 rings (SSSR count). The number of ketones is 1. The molecule has 0 bridgehead atoms. The van der Waals surface area contributed by atoms with E-state index in [1.54, 1.807) is 29.6 Å². The second-order valence-electron chi connectivity index (χ2n) is 8.78. The van der Waals surface area contributed by atoms with Crippen LogP contribution in [0.25, 0.3) is 11.3 Å². The third-order valence-corrected chi connectivity index (χ3v) is 6.70. The molecule has 0 unspecified atom stereocenters. The number of likely N-dealkylation sites (tertiary alicyclic amines) is 1. The van der Waals surface area contributed by atoms with Gasteiger partial charge in [0.1, 0.15) is 11.6 Å². The highest BCUT2D eigenvalue weighted by Gasteiger charge is 2.29. The first-order chi connectivity index (χ1) is 16.5. The number of halogens is 1. The topological polar surface area (TPSA) is 107 Å². The number of pyridine rings is 1. The van der Waals surface area contributed by atoms with Crippen molar-refractivity contribution in [2.24, 2.45) is 11.8 Å². The molecule has 34 heavy (non-hydrogen) atoms. The SMILES string of the molecule is COC(=O)N1CCC[C@H](C(=O)Cc2cc(-c3cncc(NCC4CCOCC4)n3)c(Cl)cn2)C1. The fourth-order valence-electron chi connectivity index (χ4n) is 4.41. The number of amides is 1. The molecule has 182 valence electrons. The minimum atomic E-state index is -0.395. The average Bonchev–Trinajstić information content (AvgIpc) is 2.89. The van der Waals surface area contributed by atoms with Crippen molar-refractivity contribution in [1.29, 1.82) is 0 Å². The standard InChI is InChI=1S/C24H30ClN5O4/c1-33-24(32)30-6-2-3-17(15-30)22(31)10-18-9-19(20(25)12-27-18)21-13-26-14-23(29-21)28-11-16-4-7-34-8-5-16/h9,12-14,16-17H,2-8,10-11,15H2,1H3,(H,28,29)/t17-/m0/s1. The van der Waals surface area contributed by atoms with Crippen molar-refractivity contribution in [2.45, 2.75) is 32.1 Å². The number of carbonyl (C=O) groups excluding carboxylic acids is 2. The molecule has 2 saturated heterocycles. The van der Waals surface area contributed by atoms with Gasteiger partial charge in [-0.1, -0.05) is 11.6 Å². The molecule has 2 aliphatic heterocycles. The number of aromatic nitrogens is 3. The van der Waals surface area contributed by atoms with Gasteiger partial charge in [0, 0.05) is 62.6 Å². The summed E-state index contributed by atoms with van der Waals surface area (Å²) in [4.78, 5) is 39.7. The van der Waals surface area contributed by atoms with E-state index in [2.05, 4.69) is 20.3 Å². The molecule has 1 atom stereocenters. The number of rotatable bonds is 7. The van der Waals surface area contributed by atoms with E-state index >= 15 is 0 Å². The van der Waals surface area contributed by atoms with E-state index in [1.165, 1.54) is 7.11 Å². The normalized spacial score (nSPS) is 19.0. The van der Waals surface area contributed by atoms with Crippen molar-refractivity contribution in [3.63, 3.8) is 0 Å². The van der Waals surface area contributed by atoms with Gasteiger partial charge in [-0.2, -0.15) is 0 Å². The zero-order chi connectivity index (χ0) is 23.9. The maximum atomic E-state index is 12.9. The van der Waals surface area contributed by atoms with E-state index in [0.29, 0.717) is 46.8 Å². The summed E-state index contributed by atoms with van der Waals surface area (Å²) in [6, 6.07) is 1.80. The minimum absolute atomic E-state index is 0.0485. The van der Waals surface area contributed by atoms with Crippen molar-refractivity contribution in [2.75, 3.05) is 45.3 Å². The first-order valence-corrected chi connectivity index (χ1v) is 12.1. The van der Waals surface area contributed by atoms with Crippen LogP contribution in [0, 0.1) is 11.8 Å². The number of ether oxygens (including phenoxy) is 2. The minimum Gasteiger partial charge on any atom is -0.453 e. The van der Waals surface area contributed by atoms with Gasteiger partial charge >= 0.3 is 6.09 Å². The molecule has 1 amide bonds. The summed E-state index contributed by atoms with van der Waals surface area (Å²) in [6.07, 6.45) is 8.25. The van der Waals surface area contributed by atoms with Crippen LogP contribution in [0.2, 0.25) is 5.02 Å². The van der Waals surface area contributed by atoms with Gasteiger partial charge in [0.25, 0.3) is 0 Å². The predicted octanol–water partition coefficient (Wildman–Crippen LogP) is 3.62. The Hall–Kier alpha value is -2.78. The zero-order valence-corrected chi connectivity index (χ0v) is 20.1. The van der Waals surface area contributed by atoms with Gasteiger partial charge in [-0.15, -0.1) is 0 Å². The number of piperidine rings is 1. The second kappa shape index (κ2) is 11.6. The highest BCUT2D eigenvalue weighted by Crippen LogP contribution is 2.28. The van der Waals surface area contributed by atoms with Gasteiger partial charge in [-0.05, 0) is 37.7 Å². The van der Waals surface area contributed by atoms with E-state index in [9.17, 15) is 9.59 Å². The van der Waals surface area contributed by atoms with E-state index in [0.717, 1.165) is 45.4 Å². The summed E-state index contributed by atoms with van der Waals surface area (Å²) < 4.78 is 10.2. The number of Topliss-reactive ketones (excluding diaryl/α,β-unsaturated/α-hetero) is 1. The largest absolute Gasteiger partial charge is 0.453 e. The monoisotopic (exact) mass is 487 g/mol. The van der Waals surface area contributed by atoms with Crippen molar-refractivity contribution >= 4 is 29.3 Å². The van der Waals surface area contributed by atoms with Gasteiger partial charge in [0.2, 0.25) is 0 Å². The lowest BCUT2D eigenvalue weighted by Gasteiger charge is -2.30. The van der Waals surface area contributed by atoms with Crippen LogP contribution in [0.3, 0.4) is 0 Å². The van der Waals surface area contributed by atoms with E-state index in [4.69, 9.17) is 21.1 Å². The summed E-state index contributed by atoms with van der Waals surface area (Å²) in [5.74, 6) is 1.05. The molecule has 1 N–H and O–H groups in total. The molecule has 0 aromatic carbocycles. The van der Waals surface area contributed by atoms with Crippen molar-refractivity contribution in [3.8, 4) is 11.3 Å². The summed E-state index contributed by atoms with van der Waals surface area (Å²) in [5.41, 5.74) is 1.91. The number of hydrogen-bond donors (Lipinski definition) is 1. The first kappa shape index (κ1) is 24.3. The van der Waals surface area contributed by atoms with Crippen LogP contribution < -0.4 is 5.32 Å². The van der Waals surface area contributed by atoms with Gasteiger partial charge in [-0.25, -0.2) is 9.78 Å². The number of methoxy groups -OCH3 is 1. The van der Waals surface area contributed by atoms with Crippen molar-refractivity contribution in [1.82, 2.24) is 19.9 Å². The first-order valence-electron chi connectivity index (χ1n) is 11.7. The van der Waals surface area contributed by atoms with E-state index in [1.807, 2.05) is 0 Å². The number of hydrogen-bond acceptors (Lipinski definition) is 8. The van der Waals surface area contributed by atoms with E-state index < -0.39 is 6.09 Å². The zero-order valence-electron chi connectivity index (χ0n) is 19.3. The van der Waals surface area contributed by atoms with Gasteiger partial charge < -0.3 is 19.7 Å². The Morgan fingerprint density at radius 3 is 2.85 bits per heavy atom. The third-order valence-electron chi connectivity index (χ3n) is 6.40. The summed E-state index contributed by atoms with van der Waals surface area (Å²) in [5, 5.41) is 3.81. The maximum Gasteiger partial charge on any atom is 0.409 e. The number of nitrogens with zero attached hydrogens (tertiary/aromatic N) is 4. The molecule has 2 aromatic rings. The summed E-state index contributed by atoms with van der Waals surface area (Å²) in [7, 11) is 1.35. The second-order valence-corrected chi connectivity index (χ2v) is 9.19. The molecule has 0 radical (unpaired) electrons. The quantitative estimate of drug-likeness (QED) is 0.631. The lowest BCUT2D eigenvalue weighted by atomic mass is 9.91. The molecule has 2 aromatic heterocycles. The predicted molar refractivity (Wildman–Crippen MR) is 128 cm³/mol. The molecule has 0 spiro atoms. The molecule has 2 aliphatic rings. The van der Waals surface area contributed by atoms with Gasteiger partial charge in [-0.3, -0.25) is 14.8 Å². The molecular formula is C24H30ClN5O4. The Morgan fingerprint density at radius 1 is 1.24 bits per heavy atom. The molecule has 0 saturated carbocycles. The summed E-state index contributed by atoms with van der Waals surface area (Å²) >= 11 is 6.43. The van der Waals surface area contributed by atoms with Crippen molar-refractivity contribution in [3.05, 3.63) is 35.4 Å². The van der Waals surface area contributed by atoms with Gasteiger partial charge in [0.15, 0.2) is 0 Å². The average molecular weight is 488 g/mol. The molecular weight excluding hydrogens is 458 g/mol. The van der Waals surface area contributed by atoms with Crippen LogP contribution in [0.1, 0.15) is 31.4 Å². The fourth-order valence-corrected chi connectivity index (χ4v) is 4.61. The van der Waals surface area contributed by atoms with Gasteiger partial charge in [0.05, 0.1) is 30.2 Å². The Balaban J connectivity index is 1.42. The van der Waals surface area contributed by atoms with Crippen LogP contribution in [-0.2, 0) is 20.7 Å². The Morgan fingerprint density at radius 2 is 2.06 bits per heavy atom. The van der Waals surface area contributed by atoms with E-state index in [-0.39, 0.29) is 18.1 Å². The number of anilines is 1. The Bertz CT molecular complexity index is 1010. The van der Waals surface area contributed by atoms with Crippen LogP contribution in [-0.4, -0.2) is 71.7 Å². The highest BCUT2D eigenvalue weighted by atomic mass is 35.5. The van der Waals surface area contributed by atoms with Crippen LogP contribution >= 0.6 is 11.6 Å². The molecule has 10 heteroatoms. The summed E-state index contributed by atoms with van der Waals surface area (Å²) in [6.45, 7) is 3.40. The third kappa shape index (κ3) is 6.21. The lowest BCUT2D eigenvalue weighted by Crippen LogP contribution is -2.42. The number of carbonyl (C=O) groups is 2. The fraction of sp³-hybridized carbons (Fsp3) is 0.542. The smallest absolute Gasteiger partial charge is 0.409 e. The van der Waals surface area contributed by atoms with Crippen molar-refractivity contribution < 1.29 is 19.1 Å². The van der Waals surface area contributed by atoms with Crippen LogP contribution in [0.15, 0.2) is 24.7 Å².